The summed E-state index contributed by atoms with van der Waals surface area (Å²) in [5.41, 5.74) is 0. The topological polar surface area (TPSA) is 58.6 Å². The molecule has 1 aliphatic rings. The van der Waals surface area contributed by atoms with Gasteiger partial charge in [-0.1, -0.05) is 0 Å². The highest BCUT2D eigenvalue weighted by molar-refractivity contribution is 9.10. The fraction of sp³-hybridized carbons (Fsp3) is 0.538. The van der Waals surface area contributed by atoms with Gasteiger partial charge in [0.05, 0.1) is 16.5 Å². The van der Waals surface area contributed by atoms with Crippen molar-refractivity contribution in [3.63, 3.8) is 0 Å². The number of rotatable bonds is 5. The first-order valence-electron chi connectivity index (χ1n) is 6.48. The van der Waals surface area contributed by atoms with Crippen LogP contribution in [0.15, 0.2) is 27.6 Å². The maximum atomic E-state index is 12.5. The second-order valence-corrected chi connectivity index (χ2v) is 7.77. The third kappa shape index (κ3) is 3.33. The molecule has 0 amide bonds. The van der Waals surface area contributed by atoms with Crippen LogP contribution in [0.5, 0.6) is 5.75 Å². The van der Waals surface area contributed by atoms with Crippen LogP contribution in [-0.2, 0) is 10.0 Å². The Morgan fingerprint density at radius 1 is 1.50 bits per heavy atom. The lowest BCUT2D eigenvalue weighted by atomic mass is 10.2. The van der Waals surface area contributed by atoms with Gasteiger partial charge in [-0.15, -0.1) is 0 Å². The monoisotopic (exact) mass is 362 g/mol. The fourth-order valence-corrected chi connectivity index (χ4v) is 4.24. The summed E-state index contributed by atoms with van der Waals surface area (Å²) in [5, 5.41) is 3.31. The van der Waals surface area contributed by atoms with Crippen LogP contribution < -0.4 is 10.1 Å². The largest absolute Gasteiger partial charge is 0.496 e. The number of nitrogens with one attached hydrogen (secondary N) is 1. The van der Waals surface area contributed by atoms with E-state index in [2.05, 4.69) is 21.2 Å². The number of ether oxygens (including phenoxy) is 1. The molecule has 1 saturated heterocycles. The summed E-state index contributed by atoms with van der Waals surface area (Å²) < 4.78 is 32.2. The van der Waals surface area contributed by atoms with Crippen LogP contribution >= 0.6 is 15.9 Å². The van der Waals surface area contributed by atoms with Crippen LogP contribution in [0.4, 0.5) is 0 Å². The van der Waals surface area contributed by atoms with Gasteiger partial charge in [0.2, 0.25) is 10.0 Å². The lowest BCUT2D eigenvalue weighted by Gasteiger charge is -2.21. The second kappa shape index (κ2) is 6.43. The molecule has 1 atom stereocenters. The first-order valence-corrected chi connectivity index (χ1v) is 8.71. The minimum absolute atomic E-state index is 0.247. The average molecular weight is 363 g/mol. The molecular formula is C13H19BrN2O3S. The molecule has 0 bridgehead atoms. The normalized spacial score (nSPS) is 19.5. The molecule has 2 rings (SSSR count). The van der Waals surface area contributed by atoms with Crippen LogP contribution in [-0.4, -0.2) is 46.0 Å². The molecule has 1 aromatic rings. The minimum atomic E-state index is -3.47. The predicted octanol–water partition coefficient (Wildman–Crippen LogP) is 1.83. The van der Waals surface area contributed by atoms with Gasteiger partial charge in [-0.25, -0.2) is 8.42 Å². The molecule has 20 heavy (non-hydrogen) atoms. The van der Waals surface area contributed by atoms with Crippen molar-refractivity contribution in [3.8, 4) is 5.75 Å². The minimum Gasteiger partial charge on any atom is -0.496 e. The molecule has 1 heterocycles. The molecule has 5 nitrogen and oxygen atoms in total. The van der Waals surface area contributed by atoms with E-state index in [0.717, 1.165) is 19.4 Å². The molecule has 0 saturated carbocycles. The summed E-state index contributed by atoms with van der Waals surface area (Å²) in [5.74, 6) is 0.615. The molecular weight excluding hydrogens is 344 g/mol. The summed E-state index contributed by atoms with van der Waals surface area (Å²) in [6.07, 6.45) is 2.12. The van der Waals surface area contributed by atoms with Crippen molar-refractivity contribution >= 4 is 26.0 Å². The molecule has 1 aliphatic heterocycles. The van der Waals surface area contributed by atoms with E-state index in [-0.39, 0.29) is 10.9 Å². The van der Waals surface area contributed by atoms with Crippen molar-refractivity contribution in [1.82, 2.24) is 9.62 Å². The molecule has 112 valence electrons. The van der Waals surface area contributed by atoms with Crippen LogP contribution in [0.3, 0.4) is 0 Å². The predicted molar refractivity (Wildman–Crippen MR) is 81.5 cm³/mol. The Hall–Kier alpha value is -0.630. The van der Waals surface area contributed by atoms with Crippen molar-refractivity contribution in [2.24, 2.45) is 0 Å². The first kappa shape index (κ1) is 15.8. The van der Waals surface area contributed by atoms with E-state index in [1.54, 1.807) is 32.4 Å². The van der Waals surface area contributed by atoms with Gasteiger partial charge in [0.25, 0.3) is 0 Å². The summed E-state index contributed by atoms with van der Waals surface area (Å²) in [4.78, 5) is 0.269. The van der Waals surface area contributed by atoms with Crippen LogP contribution in [0.1, 0.15) is 12.8 Å². The third-order valence-corrected chi connectivity index (χ3v) is 5.91. The van der Waals surface area contributed by atoms with E-state index in [0.29, 0.717) is 16.8 Å². The maximum Gasteiger partial charge on any atom is 0.242 e. The maximum absolute atomic E-state index is 12.5. The van der Waals surface area contributed by atoms with E-state index in [1.807, 2.05) is 0 Å². The lowest BCUT2D eigenvalue weighted by Crippen LogP contribution is -2.38. The number of halogens is 1. The second-order valence-electron chi connectivity index (χ2n) is 4.88. The standard InChI is InChI=1S/C13H19BrN2O3S/c1-16(9-10-4-3-7-15-10)20(17,18)11-5-6-13(19-2)12(14)8-11/h5-6,8,10,15H,3-4,7,9H2,1-2H3. The highest BCUT2D eigenvalue weighted by Gasteiger charge is 2.25. The molecule has 1 N–H and O–H groups in total. The Labute approximate surface area is 128 Å². The Morgan fingerprint density at radius 3 is 2.80 bits per heavy atom. The van der Waals surface area contributed by atoms with E-state index in [9.17, 15) is 8.42 Å². The van der Waals surface area contributed by atoms with Crippen LogP contribution in [0.2, 0.25) is 0 Å². The highest BCUT2D eigenvalue weighted by atomic mass is 79.9. The molecule has 7 heteroatoms. The van der Waals surface area contributed by atoms with Gasteiger partial charge in [0.1, 0.15) is 5.75 Å². The molecule has 1 aromatic carbocycles. The number of benzene rings is 1. The third-order valence-electron chi connectivity index (χ3n) is 3.47. The van der Waals surface area contributed by atoms with Gasteiger partial charge in [0.15, 0.2) is 0 Å². The summed E-state index contributed by atoms with van der Waals surface area (Å²) in [7, 11) is -0.300. The van der Waals surface area contributed by atoms with Gasteiger partial charge >= 0.3 is 0 Å². The summed E-state index contributed by atoms with van der Waals surface area (Å²) in [6.45, 7) is 1.46. The Morgan fingerprint density at radius 2 is 2.25 bits per heavy atom. The average Bonchev–Trinajstić information content (AvgIpc) is 2.91. The van der Waals surface area contributed by atoms with Crippen LogP contribution in [0.25, 0.3) is 0 Å². The smallest absolute Gasteiger partial charge is 0.242 e. The van der Waals surface area contributed by atoms with Crippen molar-refractivity contribution in [1.29, 1.82) is 0 Å². The molecule has 0 spiro atoms. The van der Waals surface area contributed by atoms with Gasteiger partial charge in [-0.2, -0.15) is 4.31 Å². The van der Waals surface area contributed by atoms with E-state index in [1.165, 1.54) is 4.31 Å². The number of sulfonamides is 1. The number of hydrogen-bond donors (Lipinski definition) is 1. The number of methoxy groups -OCH3 is 1. The van der Waals surface area contributed by atoms with Gasteiger partial charge < -0.3 is 10.1 Å². The highest BCUT2D eigenvalue weighted by Crippen LogP contribution is 2.28. The zero-order valence-corrected chi connectivity index (χ0v) is 14.0. The first-order chi connectivity index (χ1) is 9.45. The molecule has 0 aliphatic carbocycles. The van der Waals surface area contributed by atoms with Crippen LogP contribution in [0, 0.1) is 0 Å². The number of likely N-dealkylation sites (N-methyl/N-ethyl adjacent to an activating group) is 1. The Balaban J connectivity index is 2.18. The Kier molecular flexibility index (Phi) is 5.06. The quantitative estimate of drug-likeness (QED) is 0.867. The lowest BCUT2D eigenvalue weighted by molar-refractivity contribution is 0.410. The van der Waals surface area contributed by atoms with Crippen molar-refractivity contribution in [2.75, 3.05) is 27.2 Å². The molecule has 1 unspecified atom stereocenters. The van der Waals surface area contributed by atoms with Crippen molar-refractivity contribution in [2.45, 2.75) is 23.8 Å². The van der Waals surface area contributed by atoms with E-state index >= 15 is 0 Å². The zero-order chi connectivity index (χ0) is 14.8. The SMILES string of the molecule is COc1ccc(S(=O)(=O)N(C)CC2CCCN2)cc1Br. The summed E-state index contributed by atoms with van der Waals surface area (Å²) in [6, 6.07) is 5.04. The van der Waals surface area contributed by atoms with Gasteiger partial charge in [-0.05, 0) is 53.5 Å². The zero-order valence-electron chi connectivity index (χ0n) is 11.6. The molecule has 0 aromatic heterocycles. The van der Waals surface area contributed by atoms with E-state index in [4.69, 9.17) is 4.74 Å². The van der Waals surface area contributed by atoms with Crippen molar-refractivity contribution in [3.05, 3.63) is 22.7 Å². The molecule has 1 fully saturated rings. The molecule has 0 radical (unpaired) electrons. The Bertz CT molecular complexity index is 571. The number of hydrogen-bond acceptors (Lipinski definition) is 4. The summed E-state index contributed by atoms with van der Waals surface area (Å²) >= 11 is 3.32. The fourth-order valence-electron chi connectivity index (χ4n) is 2.31. The van der Waals surface area contributed by atoms with Gasteiger partial charge in [-0.3, -0.25) is 0 Å². The van der Waals surface area contributed by atoms with E-state index < -0.39 is 10.0 Å². The number of nitrogens with zero attached hydrogens (tertiary/aromatic N) is 1. The van der Waals surface area contributed by atoms with Gasteiger partial charge in [0, 0.05) is 19.6 Å². The van der Waals surface area contributed by atoms with Crippen molar-refractivity contribution < 1.29 is 13.2 Å².